The van der Waals surface area contributed by atoms with Gasteiger partial charge in [0.1, 0.15) is 5.75 Å². The monoisotopic (exact) mass is 407 g/mol. The molecule has 162 valence electrons. The molecule has 1 aromatic carbocycles. The van der Waals surface area contributed by atoms with Crippen LogP contribution in [-0.2, 0) is 19.1 Å². The van der Waals surface area contributed by atoms with Crippen LogP contribution in [0.25, 0.3) is 0 Å². The van der Waals surface area contributed by atoms with E-state index >= 15 is 0 Å². The van der Waals surface area contributed by atoms with Crippen molar-refractivity contribution in [2.24, 2.45) is 5.92 Å². The highest BCUT2D eigenvalue weighted by atomic mass is 16.5. The topological polar surface area (TPSA) is 97.0 Å². The van der Waals surface area contributed by atoms with Gasteiger partial charge in [-0.2, -0.15) is 0 Å². The fourth-order valence-corrected chi connectivity index (χ4v) is 2.85. The van der Waals surface area contributed by atoms with Gasteiger partial charge >= 0.3 is 0 Å². The largest absolute Gasteiger partial charge is 0.497 e. The molecule has 29 heavy (non-hydrogen) atoms. The number of carbonyl (C=O) groups is 3. The summed E-state index contributed by atoms with van der Waals surface area (Å²) in [6, 6.07) is 6.89. The Bertz CT molecular complexity index is 644. The number of nitrogens with one attached hydrogen (secondary N) is 2. The molecule has 0 saturated carbocycles. The summed E-state index contributed by atoms with van der Waals surface area (Å²) in [5.41, 5.74) is 0.607. The van der Waals surface area contributed by atoms with Gasteiger partial charge < -0.3 is 25.0 Å². The quantitative estimate of drug-likeness (QED) is 0.488. The number of carbonyl (C=O) groups excluding carboxylic acids is 3. The third-order valence-corrected chi connectivity index (χ3v) is 4.58. The predicted octanol–water partition coefficient (Wildman–Crippen LogP) is 2.05. The molecule has 0 radical (unpaired) electrons. The smallest absolute Gasteiger partial charge is 0.243 e. The lowest BCUT2D eigenvalue weighted by Gasteiger charge is -2.26. The molecule has 8 heteroatoms. The zero-order chi connectivity index (χ0) is 21.6. The molecular formula is C21H33N3O5. The van der Waals surface area contributed by atoms with E-state index in [1.54, 1.807) is 43.4 Å². The number of rotatable bonds is 13. The number of amides is 3. The molecule has 0 spiro atoms. The number of hydrogen-bond acceptors (Lipinski definition) is 5. The summed E-state index contributed by atoms with van der Waals surface area (Å²) in [6.07, 6.45) is 2.09. The Morgan fingerprint density at radius 2 is 1.69 bits per heavy atom. The van der Waals surface area contributed by atoms with Crippen LogP contribution in [0.3, 0.4) is 0 Å². The normalized spacial score (nSPS) is 10.5. The van der Waals surface area contributed by atoms with Crippen molar-refractivity contribution < 1.29 is 23.9 Å². The molecule has 1 rings (SSSR count). The van der Waals surface area contributed by atoms with E-state index < -0.39 is 0 Å². The van der Waals surface area contributed by atoms with Gasteiger partial charge in [-0.15, -0.1) is 0 Å². The van der Waals surface area contributed by atoms with Crippen LogP contribution in [0.4, 0.5) is 5.69 Å². The molecule has 1 aromatic rings. The van der Waals surface area contributed by atoms with Crippen LogP contribution >= 0.6 is 0 Å². The first kappa shape index (κ1) is 24.4. The molecule has 8 nitrogen and oxygen atoms in total. The molecule has 0 fully saturated rings. The van der Waals surface area contributed by atoms with Crippen molar-refractivity contribution in [3.63, 3.8) is 0 Å². The highest BCUT2D eigenvalue weighted by molar-refractivity contribution is 5.95. The van der Waals surface area contributed by atoms with Gasteiger partial charge in [0.2, 0.25) is 17.7 Å². The van der Waals surface area contributed by atoms with Gasteiger partial charge in [0.25, 0.3) is 0 Å². The van der Waals surface area contributed by atoms with Crippen LogP contribution in [0.2, 0.25) is 0 Å². The third kappa shape index (κ3) is 8.95. The van der Waals surface area contributed by atoms with Gasteiger partial charge in [-0.25, -0.2) is 0 Å². The second-order valence-corrected chi connectivity index (χ2v) is 6.67. The van der Waals surface area contributed by atoms with Gasteiger partial charge in [-0.1, -0.05) is 13.8 Å². The summed E-state index contributed by atoms with van der Waals surface area (Å²) in [5, 5.41) is 5.27. The van der Waals surface area contributed by atoms with Crippen LogP contribution < -0.4 is 15.4 Å². The number of hydrogen-bond donors (Lipinski definition) is 2. The Balaban J connectivity index is 2.55. The molecular weight excluding hydrogens is 374 g/mol. The summed E-state index contributed by atoms with van der Waals surface area (Å²) in [5.74, 6) is -0.174. The molecule has 3 amide bonds. The number of benzene rings is 1. The highest BCUT2D eigenvalue weighted by Gasteiger charge is 2.23. The van der Waals surface area contributed by atoms with Crippen molar-refractivity contribution >= 4 is 23.4 Å². The minimum Gasteiger partial charge on any atom is -0.497 e. The number of ether oxygens (including phenoxy) is 2. The Hall–Kier alpha value is -2.61. The first-order valence-corrected chi connectivity index (χ1v) is 9.93. The van der Waals surface area contributed by atoms with Crippen LogP contribution in [0.15, 0.2) is 24.3 Å². The minimum absolute atomic E-state index is 0.0380. The van der Waals surface area contributed by atoms with Gasteiger partial charge in [0.05, 0.1) is 20.2 Å². The lowest BCUT2D eigenvalue weighted by molar-refractivity contribution is -0.140. The third-order valence-electron chi connectivity index (χ3n) is 4.58. The molecule has 0 bridgehead atoms. The minimum atomic E-state index is -0.369. The SMILES string of the molecule is CCC(CC)C(=O)N(CCCOC)CC(=O)NCC(=O)Nc1ccc(OC)cc1. The van der Waals surface area contributed by atoms with Crippen molar-refractivity contribution in [2.45, 2.75) is 33.1 Å². The number of nitrogens with zero attached hydrogens (tertiary/aromatic N) is 1. The van der Waals surface area contributed by atoms with Crippen molar-refractivity contribution in [3.05, 3.63) is 24.3 Å². The average molecular weight is 408 g/mol. The Morgan fingerprint density at radius 1 is 1.03 bits per heavy atom. The first-order valence-electron chi connectivity index (χ1n) is 9.93. The summed E-state index contributed by atoms with van der Waals surface area (Å²) in [7, 11) is 3.16. The van der Waals surface area contributed by atoms with Crippen LogP contribution in [-0.4, -0.2) is 63.1 Å². The van der Waals surface area contributed by atoms with E-state index in [4.69, 9.17) is 9.47 Å². The highest BCUT2D eigenvalue weighted by Crippen LogP contribution is 2.15. The van der Waals surface area contributed by atoms with E-state index in [0.29, 0.717) is 31.0 Å². The molecule has 0 aliphatic carbocycles. The molecule has 0 aliphatic rings. The van der Waals surface area contributed by atoms with Gasteiger partial charge in [0.15, 0.2) is 0 Å². The number of methoxy groups -OCH3 is 2. The molecule has 0 aromatic heterocycles. The van der Waals surface area contributed by atoms with Crippen molar-refractivity contribution in [2.75, 3.05) is 45.8 Å². The Labute approximate surface area is 172 Å². The summed E-state index contributed by atoms with van der Waals surface area (Å²) >= 11 is 0. The molecule has 0 unspecified atom stereocenters. The molecule has 0 heterocycles. The van der Waals surface area contributed by atoms with E-state index in [-0.39, 0.29) is 36.7 Å². The molecule has 2 N–H and O–H groups in total. The maximum atomic E-state index is 12.7. The maximum absolute atomic E-state index is 12.7. The zero-order valence-electron chi connectivity index (χ0n) is 17.8. The average Bonchev–Trinajstić information content (AvgIpc) is 2.73. The Morgan fingerprint density at radius 3 is 2.24 bits per heavy atom. The van der Waals surface area contributed by atoms with E-state index in [1.807, 2.05) is 13.8 Å². The fraction of sp³-hybridized carbons (Fsp3) is 0.571. The predicted molar refractivity (Wildman–Crippen MR) is 112 cm³/mol. The second-order valence-electron chi connectivity index (χ2n) is 6.67. The summed E-state index contributed by atoms with van der Waals surface area (Å²) in [4.78, 5) is 38.6. The van der Waals surface area contributed by atoms with Crippen molar-refractivity contribution in [3.8, 4) is 5.75 Å². The standard InChI is InChI=1S/C21H33N3O5/c1-5-16(6-2)21(27)24(12-7-13-28-3)15-20(26)22-14-19(25)23-17-8-10-18(29-4)11-9-17/h8-11,16H,5-7,12-15H2,1-4H3,(H,22,26)(H,23,25). The van der Waals surface area contributed by atoms with Crippen LogP contribution in [0.1, 0.15) is 33.1 Å². The van der Waals surface area contributed by atoms with Gasteiger partial charge in [-0.05, 0) is 43.5 Å². The van der Waals surface area contributed by atoms with Crippen molar-refractivity contribution in [1.82, 2.24) is 10.2 Å². The lowest BCUT2D eigenvalue weighted by Crippen LogP contribution is -2.45. The zero-order valence-corrected chi connectivity index (χ0v) is 17.8. The first-order chi connectivity index (χ1) is 13.9. The van der Waals surface area contributed by atoms with Gasteiger partial charge in [-0.3, -0.25) is 14.4 Å². The summed E-state index contributed by atoms with van der Waals surface area (Å²) in [6.45, 7) is 4.63. The second kappa shape index (κ2) is 13.5. The van der Waals surface area contributed by atoms with E-state index in [9.17, 15) is 14.4 Å². The van der Waals surface area contributed by atoms with E-state index in [0.717, 1.165) is 12.8 Å². The van der Waals surface area contributed by atoms with E-state index in [2.05, 4.69) is 10.6 Å². The van der Waals surface area contributed by atoms with Crippen LogP contribution in [0, 0.1) is 5.92 Å². The fourth-order valence-electron chi connectivity index (χ4n) is 2.85. The Kier molecular flexibility index (Phi) is 11.4. The lowest BCUT2D eigenvalue weighted by atomic mass is 10.0. The maximum Gasteiger partial charge on any atom is 0.243 e. The van der Waals surface area contributed by atoms with Gasteiger partial charge in [0, 0.05) is 31.9 Å². The number of anilines is 1. The van der Waals surface area contributed by atoms with E-state index in [1.165, 1.54) is 0 Å². The summed E-state index contributed by atoms with van der Waals surface area (Å²) < 4.78 is 10.1. The molecule has 0 aliphatic heterocycles. The molecule has 0 atom stereocenters. The van der Waals surface area contributed by atoms with Crippen LogP contribution in [0.5, 0.6) is 5.75 Å². The molecule has 0 saturated heterocycles. The van der Waals surface area contributed by atoms with Crippen molar-refractivity contribution in [1.29, 1.82) is 0 Å².